The Morgan fingerprint density at radius 3 is 2.16 bits per heavy atom. The molecular formula is C17H14O2. The summed E-state index contributed by atoms with van der Waals surface area (Å²) in [5.41, 5.74) is 2.11. The molecule has 2 heteroatoms. The number of hydrogen-bond acceptors (Lipinski definition) is 2. The molecule has 0 spiro atoms. The minimum Gasteiger partial charge on any atom is -0.507 e. The first kappa shape index (κ1) is 12.8. The lowest BCUT2D eigenvalue weighted by molar-refractivity contribution is 0.104. The summed E-state index contributed by atoms with van der Waals surface area (Å²) in [6.45, 7) is 3.66. The highest BCUT2D eigenvalue weighted by atomic mass is 16.3. The minimum absolute atomic E-state index is 0.0293. The Morgan fingerprint density at radius 1 is 0.947 bits per heavy atom. The fraction of sp³-hybridized carbons (Fsp3) is 0. The summed E-state index contributed by atoms with van der Waals surface area (Å²) in [7, 11) is 0. The van der Waals surface area contributed by atoms with Gasteiger partial charge in [0.2, 0.25) is 0 Å². The second-order valence-electron chi connectivity index (χ2n) is 4.09. The van der Waals surface area contributed by atoms with Gasteiger partial charge in [-0.2, -0.15) is 0 Å². The number of aliphatic hydroxyl groups is 1. The van der Waals surface area contributed by atoms with Crippen LogP contribution in [-0.4, -0.2) is 10.9 Å². The van der Waals surface area contributed by atoms with E-state index in [1.165, 1.54) is 6.08 Å². The Bertz CT molecular complexity index is 607. The van der Waals surface area contributed by atoms with Crippen LogP contribution in [0.15, 0.2) is 67.3 Å². The summed E-state index contributed by atoms with van der Waals surface area (Å²) in [5, 5.41) is 9.88. The van der Waals surface area contributed by atoms with E-state index in [1.54, 1.807) is 30.3 Å². The number of hydrogen-bond donors (Lipinski definition) is 1. The number of carbonyl (C=O) groups excluding carboxylic acids is 1. The molecule has 0 aliphatic rings. The van der Waals surface area contributed by atoms with Crippen LogP contribution in [0.5, 0.6) is 0 Å². The molecule has 19 heavy (non-hydrogen) atoms. The normalized spacial score (nSPS) is 11.1. The second-order valence-corrected chi connectivity index (χ2v) is 4.09. The van der Waals surface area contributed by atoms with Crippen LogP contribution >= 0.6 is 0 Å². The van der Waals surface area contributed by atoms with Gasteiger partial charge < -0.3 is 5.11 Å². The highest BCUT2D eigenvalue weighted by Gasteiger charge is 2.05. The molecule has 0 aliphatic heterocycles. The maximum atomic E-state index is 12.0. The SMILES string of the molecule is C=Cc1ccc(C(=O)/C=C(\O)c2ccccc2)cc1. The van der Waals surface area contributed by atoms with Crippen molar-refractivity contribution >= 4 is 17.6 Å². The first-order valence-electron chi connectivity index (χ1n) is 5.93. The Labute approximate surface area is 112 Å². The minimum atomic E-state index is -0.225. The van der Waals surface area contributed by atoms with Gasteiger partial charge in [-0.05, 0) is 5.56 Å². The lowest BCUT2D eigenvalue weighted by Crippen LogP contribution is -1.96. The average molecular weight is 250 g/mol. The lowest BCUT2D eigenvalue weighted by atomic mass is 10.1. The van der Waals surface area contributed by atoms with Crippen LogP contribution in [0.3, 0.4) is 0 Å². The van der Waals surface area contributed by atoms with Crippen molar-refractivity contribution in [2.45, 2.75) is 0 Å². The lowest BCUT2D eigenvalue weighted by Gasteiger charge is -2.01. The molecule has 2 aromatic carbocycles. The summed E-state index contributed by atoms with van der Waals surface area (Å²) < 4.78 is 0. The van der Waals surface area contributed by atoms with E-state index in [0.717, 1.165) is 5.56 Å². The van der Waals surface area contributed by atoms with Crippen molar-refractivity contribution in [2.24, 2.45) is 0 Å². The van der Waals surface area contributed by atoms with Crippen LogP contribution in [0.25, 0.3) is 11.8 Å². The predicted molar refractivity (Wildman–Crippen MR) is 77.9 cm³/mol. The van der Waals surface area contributed by atoms with Gasteiger partial charge >= 0.3 is 0 Å². The standard InChI is InChI=1S/C17H14O2/c1-2-13-8-10-15(11-9-13)17(19)12-16(18)14-6-4-3-5-7-14/h2-12,18H,1H2/b16-12-. The van der Waals surface area contributed by atoms with Gasteiger partial charge in [-0.15, -0.1) is 0 Å². The number of carbonyl (C=O) groups is 1. The Morgan fingerprint density at radius 2 is 1.58 bits per heavy atom. The van der Waals surface area contributed by atoms with E-state index < -0.39 is 0 Å². The van der Waals surface area contributed by atoms with Crippen molar-refractivity contribution in [3.63, 3.8) is 0 Å². The predicted octanol–water partition coefficient (Wildman–Crippen LogP) is 4.11. The van der Waals surface area contributed by atoms with Crippen molar-refractivity contribution in [1.82, 2.24) is 0 Å². The molecular weight excluding hydrogens is 236 g/mol. The molecule has 0 amide bonds. The highest BCUT2D eigenvalue weighted by molar-refractivity contribution is 6.07. The number of allylic oxidation sites excluding steroid dienone is 1. The van der Waals surface area contributed by atoms with Gasteiger partial charge in [-0.25, -0.2) is 0 Å². The van der Waals surface area contributed by atoms with E-state index >= 15 is 0 Å². The van der Waals surface area contributed by atoms with Gasteiger partial charge in [0.15, 0.2) is 5.78 Å². The molecule has 0 radical (unpaired) electrons. The van der Waals surface area contributed by atoms with Crippen LogP contribution in [0.1, 0.15) is 21.5 Å². The maximum Gasteiger partial charge on any atom is 0.189 e. The van der Waals surface area contributed by atoms with E-state index in [1.807, 2.05) is 30.3 Å². The largest absolute Gasteiger partial charge is 0.507 e. The maximum absolute atomic E-state index is 12.0. The van der Waals surface area contributed by atoms with Crippen LogP contribution < -0.4 is 0 Å². The molecule has 2 aromatic rings. The first-order valence-corrected chi connectivity index (χ1v) is 5.93. The fourth-order valence-corrected chi connectivity index (χ4v) is 1.68. The molecule has 2 nitrogen and oxygen atoms in total. The van der Waals surface area contributed by atoms with Gasteiger partial charge in [0.05, 0.1) is 0 Å². The van der Waals surface area contributed by atoms with E-state index in [9.17, 15) is 9.90 Å². The second kappa shape index (κ2) is 5.83. The van der Waals surface area contributed by atoms with E-state index in [0.29, 0.717) is 11.1 Å². The number of aliphatic hydroxyl groups excluding tert-OH is 1. The van der Waals surface area contributed by atoms with E-state index in [2.05, 4.69) is 6.58 Å². The van der Waals surface area contributed by atoms with Gasteiger partial charge in [-0.1, -0.05) is 67.3 Å². The number of benzene rings is 2. The molecule has 0 atom stereocenters. The fourth-order valence-electron chi connectivity index (χ4n) is 1.68. The van der Waals surface area contributed by atoms with Gasteiger partial charge in [-0.3, -0.25) is 4.79 Å². The quantitative estimate of drug-likeness (QED) is 0.503. The Kier molecular flexibility index (Phi) is 3.94. The molecule has 0 saturated carbocycles. The molecule has 0 bridgehead atoms. The topological polar surface area (TPSA) is 37.3 Å². The molecule has 2 rings (SSSR count). The third kappa shape index (κ3) is 3.19. The molecule has 1 N–H and O–H groups in total. The zero-order valence-corrected chi connectivity index (χ0v) is 10.4. The molecule has 0 heterocycles. The number of rotatable bonds is 4. The van der Waals surface area contributed by atoms with Crippen molar-refractivity contribution in [1.29, 1.82) is 0 Å². The summed E-state index contributed by atoms with van der Waals surface area (Å²) in [6.07, 6.45) is 2.95. The highest BCUT2D eigenvalue weighted by Crippen LogP contribution is 2.13. The molecule has 0 aromatic heterocycles. The van der Waals surface area contributed by atoms with Crippen LogP contribution in [-0.2, 0) is 0 Å². The zero-order chi connectivity index (χ0) is 13.7. The van der Waals surface area contributed by atoms with Crippen molar-refractivity contribution in [2.75, 3.05) is 0 Å². The molecule has 0 saturated heterocycles. The van der Waals surface area contributed by atoms with Crippen LogP contribution in [0.4, 0.5) is 0 Å². The van der Waals surface area contributed by atoms with Gasteiger partial charge in [0.25, 0.3) is 0 Å². The molecule has 0 aliphatic carbocycles. The first-order chi connectivity index (χ1) is 9.20. The number of ketones is 1. The monoisotopic (exact) mass is 250 g/mol. The van der Waals surface area contributed by atoms with E-state index in [-0.39, 0.29) is 11.5 Å². The summed E-state index contributed by atoms with van der Waals surface area (Å²) >= 11 is 0. The Hall–Kier alpha value is -2.61. The van der Waals surface area contributed by atoms with Gasteiger partial charge in [0, 0.05) is 17.2 Å². The van der Waals surface area contributed by atoms with E-state index in [4.69, 9.17) is 0 Å². The molecule has 94 valence electrons. The molecule has 0 fully saturated rings. The van der Waals surface area contributed by atoms with Crippen molar-refractivity contribution < 1.29 is 9.90 Å². The smallest absolute Gasteiger partial charge is 0.189 e. The summed E-state index contributed by atoms with van der Waals surface area (Å²) in [6, 6.07) is 16.0. The van der Waals surface area contributed by atoms with Crippen molar-refractivity contribution in [3.8, 4) is 0 Å². The zero-order valence-electron chi connectivity index (χ0n) is 10.4. The van der Waals surface area contributed by atoms with Gasteiger partial charge in [0.1, 0.15) is 5.76 Å². The third-order valence-electron chi connectivity index (χ3n) is 2.77. The summed E-state index contributed by atoms with van der Waals surface area (Å²) in [5.74, 6) is -0.254. The third-order valence-corrected chi connectivity index (χ3v) is 2.77. The van der Waals surface area contributed by atoms with Crippen LogP contribution in [0, 0.1) is 0 Å². The summed E-state index contributed by atoms with van der Waals surface area (Å²) in [4.78, 5) is 12.0. The molecule has 0 unspecified atom stereocenters. The van der Waals surface area contributed by atoms with Crippen molar-refractivity contribution in [3.05, 3.63) is 83.9 Å². The Balaban J connectivity index is 2.22. The van der Waals surface area contributed by atoms with Crippen LogP contribution in [0.2, 0.25) is 0 Å². The average Bonchev–Trinajstić information content (AvgIpc) is 2.48.